The molecule has 4 aromatic heterocycles. The van der Waals surface area contributed by atoms with E-state index in [0.29, 0.717) is 5.65 Å². The Labute approximate surface area is 231 Å². The second kappa shape index (κ2) is 10.4. The van der Waals surface area contributed by atoms with Crippen molar-refractivity contribution in [2.75, 3.05) is 51.5 Å². The zero-order valence-corrected chi connectivity index (χ0v) is 23.0. The van der Waals surface area contributed by atoms with Crippen molar-refractivity contribution in [3.8, 4) is 33.6 Å². The minimum atomic E-state index is -0.274. The van der Waals surface area contributed by atoms with Gasteiger partial charge in [0, 0.05) is 72.7 Å². The van der Waals surface area contributed by atoms with Gasteiger partial charge in [-0.05, 0) is 67.7 Å². The predicted molar refractivity (Wildman–Crippen MR) is 161 cm³/mol. The average molecular weight is 535 g/mol. The maximum Gasteiger partial charge on any atom is 0.181 e. The van der Waals surface area contributed by atoms with E-state index >= 15 is 0 Å². The van der Waals surface area contributed by atoms with Crippen LogP contribution in [-0.2, 0) is 0 Å². The lowest BCUT2D eigenvalue weighted by atomic mass is 10.0. The summed E-state index contributed by atoms with van der Waals surface area (Å²) in [4.78, 5) is 16.6. The van der Waals surface area contributed by atoms with Gasteiger partial charge in [0.1, 0.15) is 5.82 Å². The summed E-state index contributed by atoms with van der Waals surface area (Å²) in [5.74, 6) is -0.274. The van der Waals surface area contributed by atoms with Crippen LogP contribution in [0.5, 0.6) is 0 Å². The number of benzene rings is 2. The lowest BCUT2D eigenvalue weighted by Crippen LogP contribution is -2.20. The molecule has 0 aliphatic heterocycles. The fourth-order valence-corrected chi connectivity index (χ4v) is 4.91. The largest absolute Gasteiger partial charge is 0.384 e. The van der Waals surface area contributed by atoms with E-state index in [1.807, 2.05) is 75.9 Å². The summed E-state index contributed by atoms with van der Waals surface area (Å²) in [5.41, 5.74) is 8.78. The topological polar surface area (TPSA) is 88.8 Å². The van der Waals surface area contributed by atoms with Gasteiger partial charge in [0.25, 0.3) is 0 Å². The van der Waals surface area contributed by atoms with Crippen molar-refractivity contribution in [3.05, 3.63) is 79.0 Å². The summed E-state index contributed by atoms with van der Waals surface area (Å²) < 4.78 is 14.7. The smallest absolute Gasteiger partial charge is 0.181 e. The SMILES string of the molecule is CN(C)CCNc1cc(F)cc(-c2cccc3[nH]c(-c4[nH]nc5ncc(-c6cncc(N(C)C)c6)cc45)cc23)c1. The van der Waals surface area contributed by atoms with Crippen LogP contribution >= 0.6 is 0 Å². The number of rotatable bonds is 8. The predicted octanol–water partition coefficient (Wildman–Crippen LogP) is 6.01. The molecule has 9 heteroatoms. The highest BCUT2D eigenvalue weighted by Crippen LogP contribution is 2.36. The number of aromatic amines is 2. The Kier molecular flexibility index (Phi) is 6.65. The van der Waals surface area contributed by atoms with Crippen molar-refractivity contribution >= 4 is 33.3 Å². The van der Waals surface area contributed by atoms with Gasteiger partial charge in [-0.25, -0.2) is 9.37 Å². The summed E-state index contributed by atoms with van der Waals surface area (Å²) >= 11 is 0. The first-order chi connectivity index (χ1) is 19.4. The minimum absolute atomic E-state index is 0.274. The number of pyridine rings is 2. The number of anilines is 2. The van der Waals surface area contributed by atoms with E-state index in [1.54, 1.807) is 6.07 Å². The van der Waals surface area contributed by atoms with Gasteiger partial charge in [-0.2, -0.15) is 5.10 Å². The van der Waals surface area contributed by atoms with Crippen molar-refractivity contribution < 1.29 is 4.39 Å². The molecule has 0 amide bonds. The van der Waals surface area contributed by atoms with Crippen LogP contribution in [0, 0.1) is 5.82 Å². The third-order valence-corrected chi connectivity index (χ3v) is 7.01. The van der Waals surface area contributed by atoms with Crippen LogP contribution in [0.2, 0.25) is 0 Å². The van der Waals surface area contributed by atoms with Gasteiger partial charge in [0.05, 0.1) is 23.3 Å². The summed E-state index contributed by atoms with van der Waals surface area (Å²) in [6, 6.07) is 17.4. The van der Waals surface area contributed by atoms with Gasteiger partial charge in [-0.15, -0.1) is 0 Å². The van der Waals surface area contributed by atoms with E-state index in [4.69, 9.17) is 0 Å². The van der Waals surface area contributed by atoms with Crippen LogP contribution in [0.15, 0.2) is 73.2 Å². The zero-order valence-electron chi connectivity index (χ0n) is 23.0. The molecule has 0 saturated carbocycles. The van der Waals surface area contributed by atoms with Gasteiger partial charge < -0.3 is 20.1 Å². The fraction of sp³-hybridized carbons (Fsp3) is 0.194. The lowest BCUT2D eigenvalue weighted by molar-refractivity contribution is 0.425. The van der Waals surface area contributed by atoms with E-state index in [9.17, 15) is 4.39 Å². The Balaban J connectivity index is 1.39. The van der Waals surface area contributed by atoms with Crippen molar-refractivity contribution in [1.29, 1.82) is 0 Å². The van der Waals surface area contributed by atoms with Crippen molar-refractivity contribution in [2.45, 2.75) is 0 Å². The lowest BCUT2D eigenvalue weighted by Gasteiger charge is -2.13. The highest BCUT2D eigenvalue weighted by Gasteiger charge is 2.16. The molecule has 2 aromatic carbocycles. The standard InChI is InChI=1S/C31H31FN8/c1-39(2)9-8-34-23-11-19(10-22(32)14-23)25-6-5-7-28-26(25)15-29(36-28)30-27-13-21(17-35-31(27)38-37-30)20-12-24(40(3)4)18-33-16-20/h5-7,10-18,34,36H,8-9H2,1-4H3,(H,35,37,38). The van der Waals surface area contributed by atoms with Crippen LogP contribution in [0.25, 0.3) is 55.6 Å². The van der Waals surface area contributed by atoms with Crippen LogP contribution in [-0.4, -0.2) is 71.3 Å². The Morgan fingerprint density at radius 2 is 1.73 bits per heavy atom. The Morgan fingerprint density at radius 1 is 0.875 bits per heavy atom. The monoisotopic (exact) mass is 534 g/mol. The maximum absolute atomic E-state index is 14.7. The van der Waals surface area contributed by atoms with Crippen LogP contribution in [0.4, 0.5) is 15.8 Å². The average Bonchev–Trinajstić information content (AvgIpc) is 3.56. The highest BCUT2D eigenvalue weighted by molar-refractivity contribution is 6.01. The number of nitrogens with zero attached hydrogens (tertiary/aromatic N) is 5. The maximum atomic E-state index is 14.7. The Bertz CT molecular complexity index is 1820. The highest BCUT2D eigenvalue weighted by atomic mass is 19.1. The first-order valence-electron chi connectivity index (χ1n) is 13.1. The van der Waals surface area contributed by atoms with Gasteiger partial charge in [0.2, 0.25) is 0 Å². The molecular weight excluding hydrogens is 503 g/mol. The fourth-order valence-electron chi connectivity index (χ4n) is 4.91. The first kappa shape index (κ1) is 25.5. The number of likely N-dealkylation sites (N-methyl/N-ethyl adjacent to an activating group) is 1. The molecule has 0 radical (unpaired) electrons. The van der Waals surface area contributed by atoms with E-state index in [-0.39, 0.29) is 5.82 Å². The number of nitrogens with one attached hydrogen (secondary N) is 3. The molecule has 40 heavy (non-hydrogen) atoms. The van der Waals surface area contributed by atoms with Crippen molar-refractivity contribution in [1.82, 2.24) is 30.0 Å². The molecule has 4 heterocycles. The molecule has 0 spiro atoms. The number of H-pyrrole nitrogens is 2. The third kappa shape index (κ3) is 4.99. The molecule has 6 aromatic rings. The number of aromatic nitrogens is 5. The van der Waals surface area contributed by atoms with E-state index in [0.717, 1.165) is 74.4 Å². The molecular formula is C31H31FN8. The normalized spacial score (nSPS) is 11.6. The third-order valence-electron chi connectivity index (χ3n) is 7.01. The molecule has 0 aliphatic carbocycles. The first-order valence-corrected chi connectivity index (χ1v) is 13.1. The van der Waals surface area contributed by atoms with Gasteiger partial charge in [0.15, 0.2) is 5.65 Å². The molecule has 6 rings (SSSR count). The molecule has 0 atom stereocenters. The van der Waals surface area contributed by atoms with E-state index in [2.05, 4.69) is 53.6 Å². The number of fused-ring (bicyclic) bond motifs is 2. The summed E-state index contributed by atoms with van der Waals surface area (Å²) in [5, 5.41) is 12.8. The van der Waals surface area contributed by atoms with Gasteiger partial charge in [-0.3, -0.25) is 10.1 Å². The number of halogens is 1. The summed E-state index contributed by atoms with van der Waals surface area (Å²) in [6.45, 7) is 1.59. The van der Waals surface area contributed by atoms with Gasteiger partial charge >= 0.3 is 0 Å². The van der Waals surface area contributed by atoms with Crippen LogP contribution < -0.4 is 10.2 Å². The van der Waals surface area contributed by atoms with Crippen molar-refractivity contribution in [2.24, 2.45) is 0 Å². The molecule has 0 saturated heterocycles. The van der Waals surface area contributed by atoms with Crippen molar-refractivity contribution in [3.63, 3.8) is 0 Å². The molecule has 8 nitrogen and oxygen atoms in total. The second-order valence-corrected chi connectivity index (χ2v) is 10.4. The summed E-state index contributed by atoms with van der Waals surface area (Å²) in [6.07, 6.45) is 5.50. The molecule has 0 bridgehead atoms. The van der Waals surface area contributed by atoms with Crippen LogP contribution in [0.1, 0.15) is 0 Å². The molecule has 0 aliphatic rings. The Hall–Kier alpha value is -4.76. The Morgan fingerprint density at radius 3 is 2.55 bits per heavy atom. The van der Waals surface area contributed by atoms with E-state index in [1.165, 1.54) is 6.07 Å². The quantitative estimate of drug-likeness (QED) is 0.222. The molecule has 3 N–H and O–H groups in total. The number of hydrogen-bond acceptors (Lipinski definition) is 6. The zero-order chi connectivity index (χ0) is 27.8. The minimum Gasteiger partial charge on any atom is -0.384 e. The van der Waals surface area contributed by atoms with Crippen LogP contribution in [0.3, 0.4) is 0 Å². The summed E-state index contributed by atoms with van der Waals surface area (Å²) in [7, 11) is 8.02. The molecule has 0 unspecified atom stereocenters. The number of hydrogen-bond donors (Lipinski definition) is 3. The second-order valence-electron chi connectivity index (χ2n) is 10.4. The van der Waals surface area contributed by atoms with E-state index < -0.39 is 0 Å². The van der Waals surface area contributed by atoms with Gasteiger partial charge in [-0.1, -0.05) is 12.1 Å². The molecule has 202 valence electrons. The molecule has 0 fully saturated rings.